The summed E-state index contributed by atoms with van der Waals surface area (Å²) in [7, 11) is 3.51. The molecule has 23 heavy (non-hydrogen) atoms. The van der Waals surface area contributed by atoms with E-state index in [9.17, 15) is 4.79 Å². The predicted octanol–water partition coefficient (Wildman–Crippen LogP) is 2.45. The molecule has 1 amide bonds. The highest BCUT2D eigenvalue weighted by molar-refractivity contribution is 7.09. The van der Waals surface area contributed by atoms with E-state index in [1.807, 2.05) is 6.07 Å². The maximum Gasteiger partial charge on any atom is 0.243 e. The molecule has 2 unspecified atom stereocenters. The molecule has 2 N–H and O–H groups in total. The van der Waals surface area contributed by atoms with Gasteiger partial charge in [0.25, 0.3) is 0 Å². The van der Waals surface area contributed by atoms with Crippen molar-refractivity contribution in [1.29, 1.82) is 0 Å². The standard InChI is InChI=1S/C17H28N4OS/c1-13-7-4-5-9-15(13)20-17(19-12-16(22)21(2)3)18-11-14-8-6-10-23-14/h6,8,10,13,15H,4-5,7,9,11-12H2,1-3H3,(H2,18,19,20). The van der Waals surface area contributed by atoms with Crippen LogP contribution in [-0.4, -0.2) is 43.4 Å². The number of likely N-dealkylation sites (N-methyl/N-ethyl adjacent to an activating group) is 1. The third kappa shape index (κ3) is 5.86. The van der Waals surface area contributed by atoms with Crippen molar-refractivity contribution in [3.8, 4) is 0 Å². The average molecular weight is 337 g/mol. The Hall–Kier alpha value is -1.56. The van der Waals surface area contributed by atoms with Gasteiger partial charge in [0.2, 0.25) is 5.91 Å². The Labute approximate surface area is 143 Å². The Morgan fingerprint density at radius 1 is 1.39 bits per heavy atom. The molecule has 5 nitrogen and oxygen atoms in total. The molecule has 0 spiro atoms. The van der Waals surface area contributed by atoms with Gasteiger partial charge in [0.15, 0.2) is 5.96 Å². The molecule has 0 saturated heterocycles. The van der Waals surface area contributed by atoms with Crippen molar-refractivity contribution in [3.63, 3.8) is 0 Å². The van der Waals surface area contributed by atoms with E-state index in [0.29, 0.717) is 12.0 Å². The molecule has 2 rings (SSSR count). The first-order chi connectivity index (χ1) is 11.1. The van der Waals surface area contributed by atoms with Crippen LogP contribution in [0.4, 0.5) is 0 Å². The average Bonchev–Trinajstić information content (AvgIpc) is 3.04. The third-order valence-electron chi connectivity index (χ3n) is 4.31. The van der Waals surface area contributed by atoms with E-state index in [1.165, 1.54) is 30.6 Å². The van der Waals surface area contributed by atoms with E-state index < -0.39 is 0 Å². The highest BCUT2D eigenvalue weighted by Crippen LogP contribution is 2.23. The Kier molecular flexibility index (Phi) is 6.89. The summed E-state index contributed by atoms with van der Waals surface area (Å²) in [5.74, 6) is 1.40. The van der Waals surface area contributed by atoms with E-state index in [4.69, 9.17) is 0 Å². The fourth-order valence-electron chi connectivity index (χ4n) is 2.73. The van der Waals surface area contributed by atoms with Gasteiger partial charge in [-0.15, -0.1) is 11.3 Å². The van der Waals surface area contributed by atoms with Gasteiger partial charge in [-0.1, -0.05) is 25.8 Å². The second-order valence-corrected chi connectivity index (χ2v) is 7.43. The lowest BCUT2D eigenvalue weighted by Gasteiger charge is -2.31. The maximum atomic E-state index is 11.8. The fourth-order valence-corrected chi connectivity index (χ4v) is 3.38. The molecule has 1 saturated carbocycles. The summed E-state index contributed by atoms with van der Waals surface area (Å²) in [6, 6.07) is 4.58. The van der Waals surface area contributed by atoms with Crippen molar-refractivity contribution in [2.24, 2.45) is 10.9 Å². The van der Waals surface area contributed by atoms with Crippen LogP contribution in [0, 0.1) is 5.92 Å². The van der Waals surface area contributed by atoms with E-state index in [2.05, 4.69) is 34.0 Å². The summed E-state index contributed by atoms with van der Waals surface area (Å²) in [5.41, 5.74) is 0. The molecule has 1 aliphatic carbocycles. The minimum absolute atomic E-state index is 0.0129. The van der Waals surface area contributed by atoms with Gasteiger partial charge in [-0.05, 0) is 30.2 Å². The molecule has 0 radical (unpaired) electrons. The molecule has 1 aromatic rings. The number of rotatable bonds is 5. The highest BCUT2D eigenvalue weighted by Gasteiger charge is 2.22. The summed E-state index contributed by atoms with van der Waals surface area (Å²) in [4.78, 5) is 19.1. The first kappa shape index (κ1) is 17.8. The largest absolute Gasteiger partial charge is 0.353 e. The first-order valence-electron chi connectivity index (χ1n) is 8.33. The second kappa shape index (κ2) is 8.91. The number of nitrogens with zero attached hydrogens (tertiary/aromatic N) is 2. The molecule has 1 aromatic heterocycles. The molecule has 2 atom stereocenters. The molecular formula is C17H28N4OS. The number of nitrogens with one attached hydrogen (secondary N) is 2. The lowest BCUT2D eigenvalue weighted by atomic mass is 9.86. The van der Waals surface area contributed by atoms with Crippen molar-refractivity contribution in [2.75, 3.05) is 20.6 Å². The van der Waals surface area contributed by atoms with Crippen molar-refractivity contribution in [1.82, 2.24) is 15.5 Å². The van der Waals surface area contributed by atoms with Crippen LogP contribution in [0.3, 0.4) is 0 Å². The number of carbonyl (C=O) groups excluding carboxylic acids is 1. The van der Waals surface area contributed by atoms with Crippen LogP contribution < -0.4 is 10.6 Å². The summed E-state index contributed by atoms with van der Waals surface area (Å²) in [5, 5.41) is 8.97. The lowest BCUT2D eigenvalue weighted by molar-refractivity contribution is -0.127. The smallest absolute Gasteiger partial charge is 0.243 e. The van der Waals surface area contributed by atoms with E-state index in [-0.39, 0.29) is 12.5 Å². The number of hydrogen-bond donors (Lipinski definition) is 2. The van der Waals surface area contributed by atoms with Gasteiger partial charge in [0.1, 0.15) is 6.54 Å². The maximum absolute atomic E-state index is 11.8. The summed E-state index contributed by atoms with van der Waals surface area (Å²) in [6.07, 6.45) is 5.00. The molecule has 1 heterocycles. The van der Waals surface area contributed by atoms with Gasteiger partial charge in [-0.25, -0.2) is 4.99 Å². The number of guanidine groups is 1. The van der Waals surface area contributed by atoms with Gasteiger partial charge in [-0.2, -0.15) is 0 Å². The zero-order chi connectivity index (χ0) is 16.7. The molecule has 128 valence electrons. The summed E-state index contributed by atoms with van der Waals surface area (Å²) >= 11 is 1.72. The molecule has 6 heteroatoms. The van der Waals surface area contributed by atoms with Crippen molar-refractivity contribution in [3.05, 3.63) is 22.4 Å². The van der Waals surface area contributed by atoms with E-state index in [0.717, 1.165) is 12.5 Å². The first-order valence-corrected chi connectivity index (χ1v) is 9.21. The molecule has 0 bridgehead atoms. The Morgan fingerprint density at radius 2 is 2.17 bits per heavy atom. The second-order valence-electron chi connectivity index (χ2n) is 6.40. The zero-order valence-electron chi connectivity index (χ0n) is 14.3. The number of amides is 1. The summed E-state index contributed by atoms with van der Waals surface area (Å²) < 4.78 is 0. The van der Waals surface area contributed by atoms with Crippen molar-refractivity contribution < 1.29 is 4.79 Å². The van der Waals surface area contributed by atoms with Crippen LogP contribution in [0.25, 0.3) is 0 Å². The van der Waals surface area contributed by atoms with Crippen LogP contribution in [0.5, 0.6) is 0 Å². The molecule has 0 aliphatic heterocycles. The number of thiophene rings is 1. The Morgan fingerprint density at radius 3 is 2.83 bits per heavy atom. The molecular weight excluding hydrogens is 308 g/mol. The Bertz CT molecular complexity index is 513. The normalized spacial score (nSPS) is 21.8. The topological polar surface area (TPSA) is 56.7 Å². The molecule has 0 aromatic carbocycles. The van der Waals surface area contributed by atoms with Gasteiger partial charge in [-0.3, -0.25) is 4.79 Å². The quantitative estimate of drug-likeness (QED) is 0.641. The van der Waals surface area contributed by atoms with Gasteiger partial charge >= 0.3 is 0 Å². The number of hydrogen-bond acceptors (Lipinski definition) is 3. The van der Waals surface area contributed by atoms with E-state index in [1.54, 1.807) is 30.3 Å². The fraction of sp³-hybridized carbons (Fsp3) is 0.647. The minimum atomic E-state index is 0.0129. The van der Waals surface area contributed by atoms with Crippen molar-refractivity contribution in [2.45, 2.75) is 45.2 Å². The van der Waals surface area contributed by atoms with Crippen LogP contribution in [0.1, 0.15) is 37.5 Å². The lowest BCUT2D eigenvalue weighted by Crippen LogP contribution is -2.47. The third-order valence-corrected chi connectivity index (χ3v) is 5.19. The zero-order valence-corrected chi connectivity index (χ0v) is 15.2. The van der Waals surface area contributed by atoms with Crippen LogP contribution in [0.15, 0.2) is 22.5 Å². The van der Waals surface area contributed by atoms with Gasteiger partial charge in [0, 0.05) is 25.0 Å². The molecule has 1 fully saturated rings. The van der Waals surface area contributed by atoms with Gasteiger partial charge in [0.05, 0.1) is 6.54 Å². The number of carbonyl (C=O) groups is 1. The monoisotopic (exact) mass is 336 g/mol. The SMILES string of the molecule is CC1CCCCC1NC(=NCC(=O)N(C)C)NCc1cccs1. The Balaban J connectivity index is 1.97. The highest BCUT2D eigenvalue weighted by atomic mass is 32.1. The summed E-state index contributed by atoms with van der Waals surface area (Å²) in [6.45, 7) is 3.20. The van der Waals surface area contributed by atoms with E-state index >= 15 is 0 Å². The number of aliphatic imine (C=N–C) groups is 1. The van der Waals surface area contributed by atoms with Crippen LogP contribution in [-0.2, 0) is 11.3 Å². The van der Waals surface area contributed by atoms with Crippen LogP contribution >= 0.6 is 11.3 Å². The van der Waals surface area contributed by atoms with Gasteiger partial charge < -0.3 is 15.5 Å². The predicted molar refractivity (Wildman–Crippen MR) is 96.7 cm³/mol. The minimum Gasteiger partial charge on any atom is -0.353 e. The molecule has 1 aliphatic rings. The van der Waals surface area contributed by atoms with Crippen LogP contribution in [0.2, 0.25) is 0 Å². The van der Waals surface area contributed by atoms with Crippen molar-refractivity contribution >= 4 is 23.2 Å².